The number of hydrogen-bond donors (Lipinski definition) is 2. The molecule has 2 heterocycles. The number of nitrogens with zero attached hydrogens (tertiary/aromatic N) is 4. The predicted molar refractivity (Wildman–Crippen MR) is 111 cm³/mol. The standard InChI is InChI=1S/C20H25FN6O3/c1-24-15(5-7-22)11-6-8-25(10-11)17-14(21)9-13-16(18(17)30-2)26(12-3-4-12)20(29)27(23)19(13)28/h9,11-12,15,24H,3-6,8,10,23H2,1-2H3. The third-order valence-electron chi connectivity index (χ3n) is 6.19. The number of nitrogens with two attached hydrogens (primary N) is 1. The Morgan fingerprint density at radius 3 is 2.73 bits per heavy atom. The Morgan fingerprint density at radius 1 is 1.40 bits per heavy atom. The van der Waals surface area contributed by atoms with Crippen LogP contribution in [-0.2, 0) is 0 Å². The number of nitriles is 1. The Bertz CT molecular complexity index is 1150. The molecule has 2 aromatic rings. The minimum absolute atomic E-state index is 0.00333. The lowest BCUT2D eigenvalue weighted by Gasteiger charge is -2.26. The first-order valence-corrected chi connectivity index (χ1v) is 10.0. The molecule has 1 aliphatic heterocycles. The van der Waals surface area contributed by atoms with Crippen molar-refractivity contribution in [1.29, 1.82) is 5.26 Å². The van der Waals surface area contributed by atoms with E-state index in [0.29, 0.717) is 29.7 Å². The largest absolute Gasteiger partial charge is 0.492 e. The fourth-order valence-electron chi connectivity index (χ4n) is 4.52. The number of nitrogen functional groups attached to an aromatic ring is 1. The minimum Gasteiger partial charge on any atom is -0.492 e. The van der Waals surface area contributed by atoms with Crippen molar-refractivity contribution < 1.29 is 9.13 Å². The number of rotatable bonds is 6. The maximum absolute atomic E-state index is 15.3. The summed E-state index contributed by atoms with van der Waals surface area (Å²) in [5.74, 6) is 5.42. The topological polar surface area (TPSA) is 118 Å². The number of hydrogen-bond acceptors (Lipinski definition) is 7. The van der Waals surface area contributed by atoms with Gasteiger partial charge in [0.2, 0.25) is 0 Å². The van der Waals surface area contributed by atoms with Crippen molar-refractivity contribution in [2.45, 2.75) is 37.8 Å². The van der Waals surface area contributed by atoms with Gasteiger partial charge in [0.05, 0.1) is 25.0 Å². The number of fused-ring (bicyclic) bond motifs is 1. The van der Waals surface area contributed by atoms with Crippen LogP contribution in [0.15, 0.2) is 15.7 Å². The molecule has 2 aliphatic rings. The molecule has 9 nitrogen and oxygen atoms in total. The maximum Gasteiger partial charge on any atom is 0.350 e. The number of ether oxygens (including phenoxy) is 1. The zero-order chi connectivity index (χ0) is 21.6. The van der Waals surface area contributed by atoms with Gasteiger partial charge in [0.1, 0.15) is 11.2 Å². The lowest BCUT2D eigenvalue weighted by molar-refractivity contribution is 0.402. The molecule has 1 aliphatic carbocycles. The van der Waals surface area contributed by atoms with Gasteiger partial charge in [0.25, 0.3) is 5.56 Å². The predicted octanol–water partition coefficient (Wildman–Crippen LogP) is 0.688. The van der Waals surface area contributed by atoms with Crippen molar-refractivity contribution in [3.8, 4) is 11.8 Å². The molecule has 1 aromatic heterocycles. The van der Waals surface area contributed by atoms with E-state index in [1.165, 1.54) is 11.7 Å². The minimum atomic E-state index is -0.751. The number of aromatic nitrogens is 2. The summed E-state index contributed by atoms with van der Waals surface area (Å²) in [5, 5.41) is 12.2. The van der Waals surface area contributed by atoms with Crippen molar-refractivity contribution in [3.05, 3.63) is 32.7 Å². The van der Waals surface area contributed by atoms with E-state index in [9.17, 15) is 9.59 Å². The molecular weight excluding hydrogens is 391 g/mol. The lowest BCUT2D eigenvalue weighted by Crippen LogP contribution is -2.44. The summed E-state index contributed by atoms with van der Waals surface area (Å²) < 4.78 is 22.9. The molecule has 3 N–H and O–H groups in total. The van der Waals surface area contributed by atoms with E-state index < -0.39 is 17.1 Å². The van der Waals surface area contributed by atoms with Gasteiger partial charge in [-0.1, -0.05) is 0 Å². The van der Waals surface area contributed by atoms with Crippen molar-refractivity contribution >= 4 is 16.6 Å². The zero-order valence-corrected chi connectivity index (χ0v) is 17.0. The summed E-state index contributed by atoms with van der Waals surface area (Å²) in [5.41, 5.74) is -0.852. The lowest BCUT2D eigenvalue weighted by atomic mass is 9.97. The molecule has 1 saturated carbocycles. The number of methoxy groups -OCH3 is 1. The van der Waals surface area contributed by atoms with E-state index in [2.05, 4.69) is 11.4 Å². The Morgan fingerprint density at radius 2 is 2.13 bits per heavy atom. The van der Waals surface area contributed by atoms with Crippen LogP contribution in [0.5, 0.6) is 5.75 Å². The van der Waals surface area contributed by atoms with Crippen LogP contribution in [0.4, 0.5) is 10.1 Å². The fraction of sp³-hybridized carbons (Fsp3) is 0.550. The van der Waals surface area contributed by atoms with Gasteiger partial charge in [-0.2, -0.15) is 9.94 Å². The fourth-order valence-corrected chi connectivity index (χ4v) is 4.52. The highest BCUT2D eigenvalue weighted by atomic mass is 19.1. The van der Waals surface area contributed by atoms with Crippen LogP contribution in [0.1, 0.15) is 31.7 Å². The number of nitrogens with one attached hydrogen (secondary N) is 1. The maximum atomic E-state index is 15.3. The van der Waals surface area contributed by atoms with Crippen LogP contribution in [-0.4, -0.2) is 42.5 Å². The molecule has 4 rings (SSSR count). The highest BCUT2D eigenvalue weighted by Gasteiger charge is 2.35. The normalized spacial score (nSPS) is 19.8. The van der Waals surface area contributed by atoms with Crippen LogP contribution in [0.3, 0.4) is 0 Å². The van der Waals surface area contributed by atoms with Crippen LogP contribution in [0.2, 0.25) is 0 Å². The second kappa shape index (κ2) is 7.65. The third-order valence-corrected chi connectivity index (χ3v) is 6.19. The smallest absolute Gasteiger partial charge is 0.350 e. The first-order valence-electron chi connectivity index (χ1n) is 10.0. The molecule has 0 bridgehead atoms. The summed E-state index contributed by atoms with van der Waals surface area (Å²) in [6.07, 6.45) is 2.72. The van der Waals surface area contributed by atoms with Gasteiger partial charge in [0.15, 0.2) is 11.6 Å². The molecule has 2 fully saturated rings. The third kappa shape index (κ3) is 3.10. The van der Waals surface area contributed by atoms with Crippen molar-refractivity contribution in [3.63, 3.8) is 0 Å². The van der Waals surface area contributed by atoms with E-state index in [4.69, 9.17) is 15.8 Å². The van der Waals surface area contributed by atoms with Crippen LogP contribution in [0.25, 0.3) is 10.9 Å². The van der Waals surface area contributed by atoms with Gasteiger partial charge in [-0.05, 0) is 38.3 Å². The Kier molecular flexibility index (Phi) is 5.15. The second-order valence-corrected chi connectivity index (χ2v) is 7.95. The van der Waals surface area contributed by atoms with Gasteiger partial charge in [-0.3, -0.25) is 9.36 Å². The van der Waals surface area contributed by atoms with Gasteiger partial charge in [-0.15, -0.1) is 0 Å². The molecule has 1 saturated heterocycles. The molecule has 0 radical (unpaired) electrons. The molecule has 2 unspecified atom stereocenters. The van der Waals surface area contributed by atoms with Gasteiger partial charge >= 0.3 is 5.69 Å². The van der Waals surface area contributed by atoms with Crippen molar-refractivity contribution in [1.82, 2.24) is 14.6 Å². The molecule has 2 atom stereocenters. The van der Waals surface area contributed by atoms with E-state index in [0.717, 1.165) is 25.3 Å². The SMILES string of the molecule is CNC(CC#N)C1CCN(c2c(F)cc3c(=O)n(N)c(=O)n(C4CC4)c3c2OC)C1. The van der Waals surface area contributed by atoms with E-state index in [1.807, 2.05) is 11.9 Å². The summed E-state index contributed by atoms with van der Waals surface area (Å²) in [7, 11) is 3.22. The second-order valence-electron chi connectivity index (χ2n) is 7.95. The zero-order valence-electron chi connectivity index (χ0n) is 17.0. The summed E-state index contributed by atoms with van der Waals surface area (Å²) >= 11 is 0. The van der Waals surface area contributed by atoms with E-state index in [-0.39, 0.29) is 34.8 Å². The number of anilines is 1. The van der Waals surface area contributed by atoms with Crippen molar-refractivity contribution in [2.24, 2.45) is 5.92 Å². The van der Waals surface area contributed by atoms with Crippen molar-refractivity contribution in [2.75, 3.05) is 38.0 Å². The van der Waals surface area contributed by atoms with Crippen LogP contribution in [0, 0.1) is 23.1 Å². The van der Waals surface area contributed by atoms with E-state index in [1.54, 1.807) is 0 Å². The molecule has 0 amide bonds. The number of benzene rings is 1. The van der Waals surface area contributed by atoms with Gasteiger partial charge in [0, 0.05) is 25.2 Å². The van der Waals surface area contributed by atoms with Crippen LogP contribution < -0.4 is 32.0 Å². The van der Waals surface area contributed by atoms with Gasteiger partial charge in [-0.25, -0.2) is 9.18 Å². The first kappa shape index (κ1) is 20.2. The summed E-state index contributed by atoms with van der Waals surface area (Å²) in [6.45, 7) is 1.11. The first-order chi connectivity index (χ1) is 14.4. The molecule has 10 heteroatoms. The Labute approximate surface area is 172 Å². The monoisotopic (exact) mass is 416 g/mol. The Hall–Kier alpha value is -3.06. The average Bonchev–Trinajstić information content (AvgIpc) is 3.46. The highest BCUT2D eigenvalue weighted by Crippen LogP contribution is 2.43. The number of halogens is 1. The molecule has 30 heavy (non-hydrogen) atoms. The molecule has 1 aromatic carbocycles. The highest BCUT2D eigenvalue weighted by molar-refractivity contribution is 5.91. The molecule has 160 valence electrons. The molecular formula is C20H25FN6O3. The summed E-state index contributed by atoms with van der Waals surface area (Å²) in [6, 6.07) is 3.25. The quantitative estimate of drug-likeness (QED) is 0.665. The van der Waals surface area contributed by atoms with E-state index >= 15 is 4.39 Å². The Balaban J connectivity index is 1.88. The average molecular weight is 416 g/mol. The molecule has 0 spiro atoms. The summed E-state index contributed by atoms with van der Waals surface area (Å²) in [4.78, 5) is 27.2. The van der Waals surface area contributed by atoms with Gasteiger partial charge < -0.3 is 20.8 Å². The van der Waals surface area contributed by atoms with Crippen LogP contribution >= 0.6 is 0 Å².